The second-order valence-corrected chi connectivity index (χ2v) is 4.34. The van der Waals surface area contributed by atoms with E-state index >= 15 is 0 Å². The molecular weight excluding hydrogens is 208 g/mol. The van der Waals surface area contributed by atoms with Crippen LogP contribution in [0.4, 0.5) is 0 Å². The van der Waals surface area contributed by atoms with Crippen molar-refractivity contribution in [3.8, 4) is 11.1 Å². The quantitative estimate of drug-likeness (QED) is 0.844. The molecule has 0 spiro atoms. The van der Waals surface area contributed by atoms with Gasteiger partial charge in [0.15, 0.2) is 0 Å². The van der Waals surface area contributed by atoms with E-state index in [9.17, 15) is 0 Å². The van der Waals surface area contributed by atoms with E-state index < -0.39 is 0 Å². The predicted molar refractivity (Wildman–Crippen MR) is 72.0 cm³/mol. The first-order valence-corrected chi connectivity index (χ1v) is 6.07. The number of aryl methyl sites for hydroxylation is 2. The Kier molecular flexibility index (Phi) is 3.94. The molecule has 1 nitrogen and oxygen atoms in total. The van der Waals surface area contributed by atoms with Crippen molar-refractivity contribution in [1.29, 1.82) is 0 Å². The Bertz CT molecular complexity index is 471. The third-order valence-electron chi connectivity index (χ3n) is 3.03. The van der Waals surface area contributed by atoms with Crippen LogP contribution in [0.15, 0.2) is 48.5 Å². The van der Waals surface area contributed by atoms with Crippen LogP contribution in [-0.4, -0.2) is 11.7 Å². The second kappa shape index (κ2) is 5.65. The minimum Gasteiger partial charge on any atom is -0.396 e. The SMILES string of the molecule is Cc1ccccc1-c1ccc(CCCO)cc1. The summed E-state index contributed by atoms with van der Waals surface area (Å²) in [5.74, 6) is 0. The average Bonchev–Trinajstić information content (AvgIpc) is 2.38. The molecule has 2 rings (SSSR count). The first-order valence-electron chi connectivity index (χ1n) is 6.07. The minimum absolute atomic E-state index is 0.263. The largest absolute Gasteiger partial charge is 0.396 e. The molecule has 17 heavy (non-hydrogen) atoms. The molecule has 0 bridgehead atoms. The van der Waals surface area contributed by atoms with Gasteiger partial charge in [-0.3, -0.25) is 0 Å². The molecule has 0 aliphatic carbocycles. The number of rotatable bonds is 4. The standard InChI is InChI=1S/C16H18O/c1-13-5-2-3-7-16(13)15-10-8-14(9-11-15)6-4-12-17/h2-3,5,7-11,17H,4,6,12H2,1H3. The molecule has 1 heteroatoms. The van der Waals surface area contributed by atoms with Crippen molar-refractivity contribution in [2.75, 3.05) is 6.61 Å². The van der Waals surface area contributed by atoms with Gasteiger partial charge in [0.2, 0.25) is 0 Å². The summed E-state index contributed by atoms with van der Waals surface area (Å²) in [7, 11) is 0. The van der Waals surface area contributed by atoms with Gasteiger partial charge in [0, 0.05) is 6.61 Å². The van der Waals surface area contributed by atoms with Crippen molar-refractivity contribution >= 4 is 0 Å². The Morgan fingerprint density at radius 2 is 1.65 bits per heavy atom. The Labute approximate surface area is 103 Å². The number of hydrogen-bond acceptors (Lipinski definition) is 1. The third-order valence-corrected chi connectivity index (χ3v) is 3.03. The lowest BCUT2D eigenvalue weighted by Crippen LogP contribution is -1.89. The van der Waals surface area contributed by atoms with E-state index in [1.54, 1.807) is 0 Å². The Hall–Kier alpha value is -1.60. The van der Waals surface area contributed by atoms with E-state index in [0.29, 0.717) is 0 Å². The normalized spacial score (nSPS) is 10.5. The highest BCUT2D eigenvalue weighted by atomic mass is 16.2. The van der Waals surface area contributed by atoms with Crippen molar-refractivity contribution in [1.82, 2.24) is 0 Å². The first kappa shape index (κ1) is 11.9. The first-order chi connectivity index (χ1) is 8.31. The summed E-state index contributed by atoms with van der Waals surface area (Å²) in [4.78, 5) is 0. The number of aliphatic hydroxyl groups excluding tert-OH is 1. The molecule has 0 radical (unpaired) electrons. The summed E-state index contributed by atoms with van der Waals surface area (Å²) in [6.45, 7) is 2.40. The van der Waals surface area contributed by atoms with E-state index in [0.717, 1.165) is 12.8 Å². The maximum absolute atomic E-state index is 8.80. The van der Waals surface area contributed by atoms with Gasteiger partial charge < -0.3 is 5.11 Å². The maximum Gasteiger partial charge on any atom is 0.0434 e. The molecule has 0 heterocycles. The van der Waals surface area contributed by atoms with Gasteiger partial charge in [-0.1, -0.05) is 48.5 Å². The van der Waals surface area contributed by atoms with E-state index in [-0.39, 0.29) is 6.61 Å². The average molecular weight is 226 g/mol. The lowest BCUT2D eigenvalue weighted by atomic mass is 9.99. The van der Waals surface area contributed by atoms with Crippen LogP contribution in [-0.2, 0) is 6.42 Å². The molecule has 0 aliphatic rings. The van der Waals surface area contributed by atoms with Crippen LogP contribution < -0.4 is 0 Å². The Morgan fingerprint density at radius 3 is 2.29 bits per heavy atom. The molecule has 88 valence electrons. The summed E-state index contributed by atoms with van der Waals surface area (Å²) in [5, 5.41) is 8.80. The van der Waals surface area contributed by atoms with Crippen molar-refractivity contribution in [3.63, 3.8) is 0 Å². The third kappa shape index (κ3) is 2.95. The molecule has 0 unspecified atom stereocenters. The molecule has 2 aromatic rings. The summed E-state index contributed by atoms with van der Waals surface area (Å²) in [6.07, 6.45) is 1.79. The fourth-order valence-corrected chi connectivity index (χ4v) is 2.03. The van der Waals surface area contributed by atoms with Gasteiger partial charge in [0.05, 0.1) is 0 Å². The molecule has 0 atom stereocenters. The lowest BCUT2D eigenvalue weighted by Gasteiger charge is -2.07. The van der Waals surface area contributed by atoms with Gasteiger partial charge in [-0.25, -0.2) is 0 Å². The highest BCUT2D eigenvalue weighted by Crippen LogP contribution is 2.23. The van der Waals surface area contributed by atoms with Crippen LogP contribution in [0.5, 0.6) is 0 Å². The van der Waals surface area contributed by atoms with Crippen molar-refractivity contribution in [2.24, 2.45) is 0 Å². The Balaban J connectivity index is 2.21. The molecule has 0 amide bonds. The molecule has 1 N–H and O–H groups in total. The molecule has 0 saturated carbocycles. The number of hydrogen-bond donors (Lipinski definition) is 1. The van der Waals surface area contributed by atoms with Gasteiger partial charge in [0.25, 0.3) is 0 Å². The van der Waals surface area contributed by atoms with Crippen LogP contribution in [0.1, 0.15) is 17.5 Å². The summed E-state index contributed by atoms with van der Waals surface area (Å²) < 4.78 is 0. The number of aliphatic hydroxyl groups is 1. The molecule has 0 aromatic heterocycles. The Morgan fingerprint density at radius 1 is 0.941 bits per heavy atom. The molecular formula is C16H18O. The topological polar surface area (TPSA) is 20.2 Å². The maximum atomic E-state index is 8.80. The van der Waals surface area contributed by atoms with Crippen molar-refractivity contribution in [3.05, 3.63) is 59.7 Å². The van der Waals surface area contributed by atoms with Crippen LogP contribution in [0.25, 0.3) is 11.1 Å². The van der Waals surface area contributed by atoms with Crippen LogP contribution in [0.2, 0.25) is 0 Å². The summed E-state index contributed by atoms with van der Waals surface area (Å²) in [5.41, 5.74) is 5.14. The zero-order valence-corrected chi connectivity index (χ0v) is 10.2. The molecule has 2 aromatic carbocycles. The highest BCUT2D eigenvalue weighted by Gasteiger charge is 2.00. The van der Waals surface area contributed by atoms with E-state index in [1.807, 2.05) is 0 Å². The second-order valence-electron chi connectivity index (χ2n) is 4.34. The summed E-state index contributed by atoms with van der Waals surface area (Å²) >= 11 is 0. The van der Waals surface area contributed by atoms with Gasteiger partial charge in [0.1, 0.15) is 0 Å². The van der Waals surface area contributed by atoms with Crippen LogP contribution >= 0.6 is 0 Å². The number of benzene rings is 2. The van der Waals surface area contributed by atoms with Gasteiger partial charge in [-0.15, -0.1) is 0 Å². The fraction of sp³-hybridized carbons (Fsp3) is 0.250. The van der Waals surface area contributed by atoms with E-state index in [4.69, 9.17) is 5.11 Å². The smallest absolute Gasteiger partial charge is 0.0434 e. The molecule has 0 saturated heterocycles. The van der Waals surface area contributed by atoms with Crippen LogP contribution in [0.3, 0.4) is 0 Å². The monoisotopic (exact) mass is 226 g/mol. The molecule has 0 fully saturated rings. The van der Waals surface area contributed by atoms with Gasteiger partial charge >= 0.3 is 0 Å². The van der Waals surface area contributed by atoms with Gasteiger partial charge in [-0.2, -0.15) is 0 Å². The van der Waals surface area contributed by atoms with Crippen molar-refractivity contribution < 1.29 is 5.11 Å². The van der Waals surface area contributed by atoms with E-state index in [2.05, 4.69) is 55.5 Å². The van der Waals surface area contributed by atoms with Crippen LogP contribution in [0, 0.1) is 6.92 Å². The zero-order chi connectivity index (χ0) is 12.1. The fourth-order valence-electron chi connectivity index (χ4n) is 2.03. The van der Waals surface area contributed by atoms with E-state index in [1.165, 1.54) is 22.3 Å². The van der Waals surface area contributed by atoms with Crippen molar-refractivity contribution in [2.45, 2.75) is 19.8 Å². The van der Waals surface area contributed by atoms with Gasteiger partial charge in [-0.05, 0) is 42.0 Å². The zero-order valence-electron chi connectivity index (χ0n) is 10.2. The minimum atomic E-state index is 0.263. The molecule has 0 aliphatic heterocycles. The predicted octanol–water partition coefficient (Wildman–Crippen LogP) is 3.59. The summed E-state index contributed by atoms with van der Waals surface area (Å²) in [6, 6.07) is 17.0. The lowest BCUT2D eigenvalue weighted by molar-refractivity contribution is 0.288. The highest BCUT2D eigenvalue weighted by molar-refractivity contribution is 5.67.